The number of H-pyrrole nitrogens is 1. The second kappa shape index (κ2) is 5.22. The lowest BCUT2D eigenvalue weighted by molar-refractivity contribution is -0.0394. The van der Waals surface area contributed by atoms with Crippen molar-refractivity contribution in [2.75, 3.05) is 6.61 Å². The van der Waals surface area contributed by atoms with Crippen molar-refractivity contribution < 1.29 is 4.74 Å². The fourth-order valence-corrected chi connectivity index (χ4v) is 2.51. The Bertz CT molecular complexity index is 481. The lowest BCUT2D eigenvalue weighted by Crippen LogP contribution is -2.33. The Morgan fingerprint density at radius 3 is 2.72 bits per heavy atom. The zero-order valence-corrected chi connectivity index (χ0v) is 11.5. The van der Waals surface area contributed by atoms with Crippen molar-refractivity contribution in [2.24, 2.45) is 0 Å². The van der Waals surface area contributed by atoms with Crippen molar-refractivity contribution in [2.45, 2.75) is 58.5 Å². The molecule has 1 aromatic rings. The second-order valence-corrected chi connectivity index (χ2v) is 5.06. The summed E-state index contributed by atoms with van der Waals surface area (Å²) in [6.07, 6.45) is 4.78. The van der Waals surface area contributed by atoms with Gasteiger partial charge in [0.25, 0.3) is 5.56 Å². The average molecular weight is 250 g/mol. The van der Waals surface area contributed by atoms with Crippen LogP contribution in [-0.2, 0) is 23.2 Å². The summed E-state index contributed by atoms with van der Waals surface area (Å²) in [5, 5.41) is 0. The standard InChI is InChI=1S/C14H22N2O2/c1-4-14(3,18-5-2)13-15-11-9-7-6-8-10(11)12(17)16-13/h4-9H2,1-3H3,(H,15,16,17). The van der Waals surface area contributed by atoms with E-state index in [4.69, 9.17) is 4.74 Å². The summed E-state index contributed by atoms with van der Waals surface area (Å²) in [6.45, 7) is 6.62. The Hall–Kier alpha value is -1.16. The van der Waals surface area contributed by atoms with Crippen molar-refractivity contribution in [3.8, 4) is 0 Å². The molecule has 0 aliphatic heterocycles. The highest BCUT2D eigenvalue weighted by atomic mass is 16.5. The molecule has 0 bridgehead atoms. The number of hydrogen-bond donors (Lipinski definition) is 1. The van der Waals surface area contributed by atoms with E-state index in [0.29, 0.717) is 12.4 Å². The van der Waals surface area contributed by atoms with Gasteiger partial charge in [0.2, 0.25) is 0 Å². The molecule has 100 valence electrons. The first-order valence-corrected chi connectivity index (χ1v) is 6.87. The van der Waals surface area contributed by atoms with Crippen LogP contribution < -0.4 is 5.56 Å². The number of aryl methyl sites for hydroxylation is 1. The predicted octanol–water partition coefficient (Wildman–Crippen LogP) is 2.31. The lowest BCUT2D eigenvalue weighted by atomic mass is 9.95. The van der Waals surface area contributed by atoms with Gasteiger partial charge in [0, 0.05) is 12.2 Å². The van der Waals surface area contributed by atoms with Gasteiger partial charge < -0.3 is 9.72 Å². The van der Waals surface area contributed by atoms with Crippen LogP contribution in [0.1, 0.15) is 57.1 Å². The lowest BCUT2D eigenvalue weighted by Gasteiger charge is -2.28. The summed E-state index contributed by atoms with van der Waals surface area (Å²) >= 11 is 0. The Kier molecular flexibility index (Phi) is 3.85. The van der Waals surface area contributed by atoms with E-state index >= 15 is 0 Å². The normalized spacial score (nSPS) is 18.2. The van der Waals surface area contributed by atoms with Crippen LogP contribution in [-0.4, -0.2) is 16.6 Å². The number of nitrogens with zero attached hydrogens (tertiary/aromatic N) is 1. The number of ether oxygens (including phenoxy) is 1. The maximum absolute atomic E-state index is 12.1. The van der Waals surface area contributed by atoms with E-state index in [2.05, 4.69) is 16.9 Å². The molecule has 1 aliphatic rings. The van der Waals surface area contributed by atoms with Gasteiger partial charge in [0.1, 0.15) is 11.4 Å². The largest absolute Gasteiger partial charge is 0.368 e. The minimum absolute atomic E-state index is 0.0223. The van der Waals surface area contributed by atoms with Crippen LogP contribution in [0.15, 0.2) is 4.79 Å². The fourth-order valence-electron chi connectivity index (χ4n) is 2.51. The molecule has 0 saturated carbocycles. The number of nitrogens with one attached hydrogen (secondary N) is 1. The molecule has 1 aliphatic carbocycles. The first kappa shape index (κ1) is 13.3. The smallest absolute Gasteiger partial charge is 0.254 e. The molecule has 0 saturated heterocycles. The van der Waals surface area contributed by atoms with Crippen LogP contribution in [0, 0.1) is 0 Å². The molecule has 1 unspecified atom stereocenters. The van der Waals surface area contributed by atoms with Gasteiger partial charge in [0.15, 0.2) is 0 Å². The molecule has 0 radical (unpaired) electrons. The summed E-state index contributed by atoms with van der Waals surface area (Å²) in [7, 11) is 0. The third-order valence-electron chi connectivity index (χ3n) is 3.83. The maximum Gasteiger partial charge on any atom is 0.254 e. The molecule has 1 aromatic heterocycles. The summed E-state index contributed by atoms with van der Waals surface area (Å²) < 4.78 is 5.78. The van der Waals surface area contributed by atoms with Gasteiger partial charge in [-0.25, -0.2) is 4.98 Å². The Morgan fingerprint density at radius 2 is 2.06 bits per heavy atom. The van der Waals surface area contributed by atoms with E-state index in [1.807, 2.05) is 13.8 Å². The van der Waals surface area contributed by atoms with Gasteiger partial charge in [0.05, 0.1) is 5.69 Å². The zero-order valence-electron chi connectivity index (χ0n) is 11.5. The van der Waals surface area contributed by atoms with Crippen LogP contribution in [0.3, 0.4) is 0 Å². The molecule has 4 nitrogen and oxygen atoms in total. The SMILES string of the molecule is CCOC(C)(CC)c1nc2c(c(=O)[nH]1)CCCC2. The second-order valence-electron chi connectivity index (χ2n) is 5.06. The quantitative estimate of drug-likeness (QED) is 0.892. The first-order valence-electron chi connectivity index (χ1n) is 6.87. The van der Waals surface area contributed by atoms with E-state index in [1.54, 1.807) is 0 Å². The molecule has 0 fully saturated rings. The van der Waals surface area contributed by atoms with Crippen LogP contribution in [0.2, 0.25) is 0 Å². The minimum atomic E-state index is -0.486. The van der Waals surface area contributed by atoms with Gasteiger partial charge in [-0.3, -0.25) is 4.79 Å². The molecule has 1 heterocycles. The van der Waals surface area contributed by atoms with Crippen molar-refractivity contribution in [3.05, 3.63) is 27.4 Å². The summed E-state index contributed by atoms with van der Waals surface area (Å²) in [5.74, 6) is 0.678. The van der Waals surface area contributed by atoms with Crippen molar-refractivity contribution >= 4 is 0 Å². The predicted molar refractivity (Wildman–Crippen MR) is 70.8 cm³/mol. The van der Waals surface area contributed by atoms with E-state index < -0.39 is 5.60 Å². The number of rotatable bonds is 4. The number of aromatic amines is 1. The Labute approximate surface area is 108 Å². The van der Waals surface area contributed by atoms with Crippen LogP contribution in [0.4, 0.5) is 0 Å². The van der Waals surface area contributed by atoms with Gasteiger partial charge in [-0.1, -0.05) is 6.92 Å². The summed E-state index contributed by atoms with van der Waals surface area (Å²) in [6, 6.07) is 0. The number of fused-ring (bicyclic) bond motifs is 1. The highest BCUT2D eigenvalue weighted by molar-refractivity contribution is 5.22. The van der Waals surface area contributed by atoms with E-state index in [0.717, 1.165) is 43.4 Å². The van der Waals surface area contributed by atoms with Crippen molar-refractivity contribution in [1.82, 2.24) is 9.97 Å². The average Bonchev–Trinajstić information content (AvgIpc) is 2.39. The molecule has 0 spiro atoms. The molecule has 0 aromatic carbocycles. The summed E-state index contributed by atoms with van der Waals surface area (Å²) in [5.41, 5.74) is 1.38. The van der Waals surface area contributed by atoms with Crippen LogP contribution in [0.5, 0.6) is 0 Å². The number of hydrogen-bond acceptors (Lipinski definition) is 3. The van der Waals surface area contributed by atoms with Crippen molar-refractivity contribution in [3.63, 3.8) is 0 Å². The summed E-state index contributed by atoms with van der Waals surface area (Å²) in [4.78, 5) is 19.7. The van der Waals surface area contributed by atoms with Gasteiger partial charge in [-0.15, -0.1) is 0 Å². The van der Waals surface area contributed by atoms with Crippen molar-refractivity contribution in [1.29, 1.82) is 0 Å². The molecule has 18 heavy (non-hydrogen) atoms. The van der Waals surface area contributed by atoms with Gasteiger partial charge in [-0.2, -0.15) is 0 Å². The third kappa shape index (κ3) is 2.34. The monoisotopic (exact) mass is 250 g/mol. The van der Waals surface area contributed by atoms with Crippen LogP contribution in [0.25, 0.3) is 0 Å². The molecule has 2 rings (SSSR count). The molecular formula is C14H22N2O2. The molecule has 4 heteroatoms. The maximum atomic E-state index is 12.1. The minimum Gasteiger partial charge on any atom is -0.368 e. The van der Waals surface area contributed by atoms with E-state index in [1.165, 1.54) is 0 Å². The number of aromatic nitrogens is 2. The molecular weight excluding hydrogens is 228 g/mol. The third-order valence-corrected chi connectivity index (χ3v) is 3.83. The Morgan fingerprint density at radius 1 is 1.33 bits per heavy atom. The first-order chi connectivity index (χ1) is 8.60. The van der Waals surface area contributed by atoms with Gasteiger partial charge in [-0.05, 0) is 46.0 Å². The highest BCUT2D eigenvalue weighted by Crippen LogP contribution is 2.26. The van der Waals surface area contributed by atoms with E-state index in [-0.39, 0.29) is 5.56 Å². The van der Waals surface area contributed by atoms with Crippen LogP contribution >= 0.6 is 0 Å². The topological polar surface area (TPSA) is 55.0 Å². The zero-order chi connectivity index (χ0) is 13.2. The fraction of sp³-hybridized carbons (Fsp3) is 0.714. The van der Waals surface area contributed by atoms with E-state index in [9.17, 15) is 4.79 Å². The highest BCUT2D eigenvalue weighted by Gasteiger charge is 2.29. The Balaban J connectivity index is 2.46. The molecule has 0 amide bonds. The van der Waals surface area contributed by atoms with Gasteiger partial charge >= 0.3 is 0 Å². The molecule has 1 N–H and O–H groups in total. The molecule has 1 atom stereocenters.